The van der Waals surface area contributed by atoms with Gasteiger partial charge in [0, 0.05) is 26.2 Å². The van der Waals surface area contributed by atoms with Crippen LogP contribution < -0.4 is 42.5 Å². The van der Waals surface area contributed by atoms with Gasteiger partial charge in [0.05, 0.1) is 0 Å². The van der Waals surface area contributed by atoms with Crippen molar-refractivity contribution in [1.82, 2.24) is 42.5 Å². The molecule has 0 heterocycles. The van der Waals surface area contributed by atoms with Crippen molar-refractivity contribution >= 4 is 36.2 Å². The third-order valence-corrected chi connectivity index (χ3v) is 10.6. The minimum Gasteiger partial charge on any atom is -0.445 e. The maximum absolute atomic E-state index is 13.1. The number of ether oxygens (including phenoxy) is 4. The predicted molar refractivity (Wildman–Crippen MR) is 265 cm³/mol. The van der Waals surface area contributed by atoms with E-state index >= 15 is 0 Å². The molecule has 2 atom stereocenters. The summed E-state index contributed by atoms with van der Waals surface area (Å²) in [6.45, 7) is 4.72. The Morgan fingerprint density at radius 3 is 0.943 bits per heavy atom. The Morgan fingerprint density at radius 2 is 0.614 bits per heavy atom. The van der Waals surface area contributed by atoms with Crippen LogP contribution in [0.2, 0.25) is 0 Å². The fourth-order valence-electron chi connectivity index (χ4n) is 6.74. The molecule has 0 fully saturated rings. The van der Waals surface area contributed by atoms with Crippen LogP contribution in [0.3, 0.4) is 0 Å². The van der Waals surface area contributed by atoms with Gasteiger partial charge >= 0.3 is 24.4 Å². The summed E-state index contributed by atoms with van der Waals surface area (Å²) in [4.78, 5) is 75.9. The highest BCUT2D eigenvalue weighted by Gasteiger charge is 2.23. The standard InChI is InChI=1S/C52H70N8O10/c61-47(45(59-51(65)69-39-43-23-9-3-10-24-43)27-15-33-57-49(63)67-37-41-19-5-1-6-20-41)55-35-17-31-53-29-13-14-30-54-32-18-36-56-48(62)46(60-52(66)70-40-44-25-11-4-12-26-44)28-16-34-58-50(64)68-38-42-21-7-2-8-22-42/h1-12,19-26,45-46,53-54H,13-18,27-40H2,(H,55,61)(H,56,62)(H,57,63)(H,58,64)(H,59,65)(H,60,66)/t45-,46+. The molecule has 70 heavy (non-hydrogen) atoms. The predicted octanol–water partition coefficient (Wildman–Crippen LogP) is 5.96. The molecule has 0 aliphatic rings. The average Bonchev–Trinajstić information content (AvgIpc) is 3.39. The number of nitrogens with one attached hydrogen (secondary N) is 8. The number of rotatable bonds is 33. The summed E-state index contributed by atoms with van der Waals surface area (Å²) in [5, 5.41) is 23.3. The van der Waals surface area contributed by atoms with E-state index in [2.05, 4.69) is 42.5 Å². The van der Waals surface area contributed by atoms with Crippen LogP contribution in [0.4, 0.5) is 19.2 Å². The Morgan fingerprint density at radius 1 is 0.329 bits per heavy atom. The Hall–Kier alpha value is -7.18. The molecule has 4 aromatic rings. The van der Waals surface area contributed by atoms with Crippen molar-refractivity contribution in [3.63, 3.8) is 0 Å². The fraction of sp³-hybridized carbons (Fsp3) is 0.423. The minimum atomic E-state index is -0.860. The Balaban J connectivity index is 1.04. The lowest BCUT2D eigenvalue weighted by atomic mass is 10.1. The maximum atomic E-state index is 13.1. The highest BCUT2D eigenvalue weighted by Crippen LogP contribution is 2.07. The fourth-order valence-corrected chi connectivity index (χ4v) is 6.74. The van der Waals surface area contributed by atoms with Crippen LogP contribution in [0, 0.1) is 0 Å². The molecule has 18 nitrogen and oxygen atoms in total. The first-order chi connectivity index (χ1) is 34.2. The minimum absolute atomic E-state index is 0.0634. The molecule has 0 radical (unpaired) electrons. The normalized spacial score (nSPS) is 11.5. The molecular formula is C52H70N8O10. The number of alkyl carbamates (subject to hydrolysis) is 4. The van der Waals surface area contributed by atoms with Gasteiger partial charge in [-0.05, 0) is 99.8 Å². The molecule has 0 aromatic heterocycles. The van der Waals surface area contributed by atoms with E-state index in [1.807, 2.05) is 121 Å². The number of carbonyl (C=O) groups excluding carboxylic acids is 6. The number of carbonyl (C=O) groups is 6. The van der Waals surface area contributed by atoms with Gasteiger partial charge in [-0.2, -0.15) is 0 Å². The van der Waals surface area contributed by atoms with Crippen LogP contribution in [-0.2, 0) is 55.0 Å². The van der Waals surface area contributed by atoms with Gasteiger partial charge in [-0.15, -0.1) is 0 Å². The van der Waals surface area contributed by atoms with Gasteiger partial charge in [0.1, 0.15) is 38.5 Å². The summed E-state index contributed by atoms with van der Waals surface area (Å²) in [5.74, 6) is -0.679. The summed E-state index contributed by atoms with van der Waals surface area (Å²) in [7, 11) is 0. The van der Waals surface area contributed by atoms with Gasteiger partial charge in [0.2, 0.25) is 11.8 Å². The summed E-state index contributed by atoms with van der Waals surface area (Å²) >= 11 is 0. The molecule has 4 aromatic carbocycles. The quantitative estimate of drug-likeness (QED) is 0.0204. The summed E-state index contributed by atoms with van der Waals surface area (Å²) in [6, 6.07) is 35.4. The van der Waals surface area contributed by atoms with E-state index in [1.165, 1.54) is 0 Å². The Bertz CT molecular complexity index is 1940. The summed E-state index contributed by atoms with van der Waals surface area (Å²) in [6.07, 6.45) is 2.06. The van der Waals surface area contributed by atoms with Crippen molar-refractivity contribution in [2.45, 2.75) is 89.9 Å². The Kier molecular flexibility index (Phi) is 27.7. The zero-order valence-electron chi connectivity index (χ0n) is 39.9. The zero-order valence-corrected chi connectivity index (χ0v) is 39.9. The molecule has 0 aliphatic carbocycles. The van der Waals surface area contributed by atoms with Crippen molar-refractivity contribution in [2.75, 3.05) is 52.4 Å². The second-order valence-corrected chi connectivity index (χ2v) is 16.3. The lowest BCUT2D eigenvalue weighted by Crippen LogP contribution is -2.47. The zero-order chi connectivity index (χ0) is 49.7. The number of hydrogen-bond donors (Lipinski definition) is 8. The number of unbranched alkanes of at least 4 members (excludes halogenated alkanes) is 1. The van der Waals surface area contributed by atoms with E-state index in [0.29, 0.717) is 51.9 Å². The van der Waals surface area contributed by atoms with Crippen molar-refractivity contribution in [3.8, 4) is 0 Å². The molecule has 0 aliphatic heterocycles. The van der Waals surface area contributed by atoms with E-state index in [1.54, 1.807) is 0 Å². The van der Waals surface area contributed by atoms with Crippen LogP contribution >= 0.6 is 0 Å². The largest absolute Gasteiger partial charge is 0.445 e. The van der Waals surface area contributed by atoms with E-state index in [9.17, 15) is 28.8 Å². The van der Waals surface area contributed by atoms with Gasteiger partial charge < -0.3 is 61.5 Å². The van der Waals surface area contributed by atoms with Gasteiger partial charge in [-0.1, -0.05) is 121 Å². The highest BCUT2D eigenvalue weighted by atomic mass is 16.6. The third-order valence-electron chi connectivity index (χ3n) is 10.6. The SMILES string of the molecule is O=C(NCCC[C@H](NC(=O)OCc1ccccc1)C(=O)NCCCNCCCCNCCCNC(=O)[C@@H](CCCNC(=O)OCc1ccccc1)NC(=O)OCc1ccccc1)OCc1ccccc1. The number of benzene rings is 4. The second kappa shape index (κ2) is 35.0. The Labute approximate surface area is 411 Å². The second-order valence-electron chi connectivity index (χ2n) is 16.3. The molecule has 0 saturated carbocycles. The van der Waals surface area contributed by atoms with Crippen LogP contribution in [0.25, 0.3) is 0 Å². The highest BCUT2D eigenvalue weighted by molar-refractivity contribution is 5.86. The first-order valence-corrected chi connectivity index (χ1v) is 24.1. The molecule has 18 heteroatoms. The van der Waals surface area contributed by atoms with Gasteiger partial charge in [0.25, 0.3) is 0 Å². The topological polar surface area (TPSA) is 236 Å². The molecule has 0 saturated heterocycles. The smallest absolute Gasteiger partial charge is 0.408 e. The van der Waals surface area contributed by atoms with E-state index in [0.717, 1.165) is 48.2 Å². The number of amides is 6. The van der Waals surface area contributed by atoms with Crippen LogP contribution in [0.15, 0.2) is 121 Å². The van der Waals surface area contributed by atoms with Crippen molar-refractivity contribution in [1.29, 1.82) is 0 Å². The molecular weight excluding hydrogens is 897 g/mol. The monoisotopic (exact) mass is 967 g/mol. The number of hydrogen-bond acceptors (Lipinski definition) is 12. The van der Waals surface area contributed by atoms with Crippen molar-refractivity contribution in [3.05, 3.63) is 144 Å². The summed E-state index contributed by atoms with van der Waals surface area (Å²) < 4.78 is 21.2. The lowest BCUT2D eigenvalue weighted by Gasteiger charge is -2.19. The van der Waals surface area contributed by atoms with E-state index in [4.69, 9.17) is 18.9 Å². The van der Waals surface area contributed by atoms with Crippen LogP contribution in [0.1, 0.15) is 73.6 Å². The molecule has 6 amide bonds. The first kappa shape index (κ1) is 55.4. The molecule has 0 unspecified atom stereocenters. The molecule has 0 bridgehead atoms. The maximum Gasteiger partial charge on any atom is 0.408 e. The van der Waals surface area contributed by atoms with Crippen LogP contribution in [0.5, 0.6) is 0 Å². The van der Waals surface area contributed by atoms with Gasteiger partial charge in [-0.3, -0.25) is 9.59 Å². The van der Waals surface area contributed by atoms with Crippen molar-refractivity contribution in [2.24, 2.45) is 0 Å². The third kappa shape index (κ3) is 25.8. The van der Waals surface area contributed by atoms with Gasteiger partial charge in [0.15, 0.2) is 0 Å². The van der Waals surface area contributed by atoms with E-state index < -0.39 is 36.5 Å². The van der Waals surface area contributed by atoms with Crippen LogP contribution in [-0.4, -0.2) is 101 Å². The molecule has 378 valence electrons. The van der Waals surface area contributed by atoms with Gasteiger partial charge in [-0.25, -0.2) is 19.2 Å². The lowest BCUT2D eigenvalue weighted by molar-refractivity contribution is -0.124. The molecule has 4 rings (SSSR count). The summed E-state index contributed by atoms with van der Waals surface area (Å²) in [5.41, 5.74) is 3.38. The van der Waals surface area contributed by atoms with E-state index in [-0.39, 0.29) is 64.2 Å². The molecule has 8 N–H and O–H groups in total. The molecule has 0 spiro atoms. The first-order valence-electron chi connectivity index (χ1n) is 24.1. The average molecular weight is 967 g/mol. The van der Waals surface area contributed by atoms with Crippen molar-refractivity contribution < 1.29 is 47.7 Å².